The maximum Gasteiger partial charge on any atom is 0.248 e. The van der Waals surface area contributed by atoms with Gasteiger partial charge in [-0.1, -0.05) is 19.3 Å². The summed E-state index contributed by atoms with van der Waals surface area (Å²) in [6, 6.07) is 0. The molecule has 1 aliphatic heterocycles. The topological polar surface area (TPSA) is 40.5 Å². The fourth-order valence-electron chi connectivity index (χ4n) is 2.74. The number of aliphatic hydroxyl groups excluding tert-OH is 1. The first-order valence-corrected chi connectivity index (χ1v) is 5.20. The van der Waals surface area contributed by atoms with E-state index in [2.05, 4.69) is 0 Å². The quantitative estimate of drug-likeness (QED) is 0.656. The van der Waals surface area contributed by atoms with Crippen molar-refractivity contribution in [3.63, 3.8) is 0 Å². The van der Waals surface area contributed by atoms with Crippen LogP contribution in [0.2, 0.25) is 0 Å². The Morgan fingerprint density at radius 1 is 1.23 bits per heavy atom. The minimum Gasteiger partial charge on any atom is -0.387 e. The number of aliphatic hydroxyl groups is 1. The molecule has 1 saturated carbocycles. The van der Waals surface area contributed by atoms with Crippen molar-refractivity contribution in [3.8, 4) is 0 Å². The Balaban J connectivity index is 2.02. The molecule has 2 fully saturated rings. The lowest BCUT2D eigenvalue weighted by Gasteiger charge is -2.55. The Bertz CT molecular complexity index is 209. The predicted octanol–water partition coefficient (Wildman–Crippen LogP) is 0.914. The van der Waals surface area contributed by atoms with E-state index in [4.69, 9.17) is 5.11 Å². The molecule has 0 bridgehead atoms. The molecule has 2 aliphatic rings. The summed E-state index contributed by atoms with van der Waals surface area (Å²) in [5.74, 6) is -0.0758. The van der Waals surface area contributed by atoms with Gasteiger partial charge in [-0.3, -0.25) is 4.79 Å². The van der Waals surface area contributed by atoms with Gasteiger partial charge in [0.05, 0.1) is 0 Å². The third-order valence-electron chi connectivity index (χ3n) is 3.59. The summed E-state index contributed by atoms with van der Waals surface area (Å²) in [7, 11) is 0. The van der Waals surface area contributed by atoms with Crippen LogP contribution in [0.15, 0.2) is 0 Å². The smallest absolute Gasteiger partial charge is 0.248 e. The Kier molecular flexibility index (Phi) is 2.28. The molecule has 0 aromatic carbocycles. The standard InChI is InChI=1S/C10H17NO2/c12-8-9(13)11-7-6-10(11)4-2-1-3-5-10/h12H,1-8H2. The van der Waals surface area contributed by atoms with Crippen LogP contribution in [0.3, 0.4) is 0 Å². The first-order valence-electron chi connectivity index (χ1n) is 5.20. The summed E-state index contributed by atoms with van der Waals surface area (Å²) in [4.78, 5) is 13.2. The maximum atomic E-state index is 11.3. The molecule has 1 amide bonds. The molecule has 1 N–H and O–H groups in total. The van der Waals surface area contributed by atoms with Crippen molar-refractivity contribution in [2.75, 3.05) is 13.2 Å². The van der Waals surface area contributed by atoms with Gasteiger partial charge in [-0.15, -0.1) is 0 Å². The molecule has 1 heterocycles. The number of carbonyl (C=O) groups excluding carboxylic acids is 1. The Morgan fingerprint density at radius 3 is 2.38 bits per heavy atom. The lowest BCUT2D eigenvalue weighted by Crippen LogP contribution is -2.63. The molecule has 2 rings (SSSR count). The van der Waals surface area contributed by atoms with Gasteiger partial charge in [0, 0.05) is 12.1 Å². The second kappa shape index (κ2) is 3.29. The van der Waals surface area contributed by atoms with E-state index < -0.39 is 0 Å². The third kappa shape index (κ3) is 1.35. The zero-order valence-electron chi connectivity index (χ0n) is 7.96. The average molecular weight is 183 g/mol. The summed E-state index contributed by atoms with van der Waals surface area (Å²) < 4.78 is 0. The molecule has 1 saturated heterocycles. The van der Waals surface area contributed by atoms with Gasteiger partial charge in [-0.2, -0.15) is 0 Å². The van der Waals surface area contributed by atoms with E-state index in [1.807, 2.05) is 4.90 Å². The van der Waals surface area contributed by atoms with Gasteiger partial charge in [0.25, 0.3) is 0 Å². The molecule has 0 aromatic heterocycles. The summed E-state index contributed by atoms with van der Waals surface area (Å²) in [5, 5.41) is 8.79. The molecule has 0 radical (unpaired) electrons. The largest absolute Gasteiger partial charge is 0.387 e. The van der Waals surface area contributed by atoms with E-state index in [1.165, 1.54) is 19.3 Å². The molecule has 74 valence electrons. The Labute approximate surface area is 78.7 Å². The molecule has 3 nitrogen and oxygen atoms in total. The molecule has 0 atom stereocenters. The van der Waals surface area contributed by atoms with Gasteiger partial charge in [0.1, 0.15) is 6.61 Å². The molecule has 3 heteroatoms. The fraction of sp³-hybridized carbons (Fsp3) is 0.900. The van der Waals surface area contributed by atoms with Crippen molar-refractivity contribution < 1.29 is 9.90 Å². The molecule has 1 spiro atoms. The van der Waals surface area contributed by atoms with Gasteiger partial charge in [0.15, 0.2) is 0 Å². The van der Waals surface area contributed by atoms with Crippen LogP contribution in [-0.4, -0.2) is 34.6 Å². The second-order valence-electron chi connectivity index (χ2n) is 4.24. The van der Waals surface area contributed by atoms with Crippen LogP contribution in [0, 0.1) is 0 Å². The van der Waals surface area contributed by atoms with Crippen molar-refractivity contribution in [2.45, 2.75) is 44.1 Å². The van der Waals surface area contributed by atoms with E-state index in [0.717, 1.165) is 25.8 Å². The van der Waals surface area contributed by atoms with Crippen LogP contribution in [0.25, 0.3) is 0 Å². The summed E-state index contributed by atoms with van der Waals surface area (Å²) >= 11 is 0. The predicted molar refractivity (Wildman–Crippen MR) is 49.2 cm³/mol. The van der Waals surface area contributed by atoms with E-state index in [-0.39, 0.29) is 18.1 Å². The van der Waals surface area contributed by atoms with Gasteiger partial charge < -0.3 is 10.0 Å². The van der Waals surface area contributed by atoms with Crippen molar-refractivity contribution in [2.24, 2.45) is 0 Å². The van der Waals surface area contributed by atoms with E-state index in [0.29, 0.717) is 0 Å². The molecule has 1 aliphatic carbocycles. The van der Waals surface area contributed by atoms with Crippen LogP contribution in [0.5, 0.6) is 0 Å². The molecular formula is C10H17NO2. The number of nitrogens with zero attached hydrogens (tertiary/aromatic N) is 1. The Morgan fingerprint density at radius 2 is 1.92 bits per heavy atom. The van der Waals surface area contributed by atoms with Crippen molar-refractivity contribution in [3.05, 3.63) is 0 Å². The number of amides is 1. The second-order valence-corrected chi connectivity index (χ2v) is 4.24. The van der Waals surface area contributed by atoms with Crippen LogP contribution < -0.4 is 0 Å². The SMILES string of the molecule is O=C(CO)N1CCC12CCCCC2. The van der Waals surface area contributed by atoms with Crippen LogP contribution in [-0.2, 0) is 4.79 Å². The van der Waals surface area contributed by atoms with Gasteiger partial charge >= 0.3 is 0 Å². The zero-order chi connectivity index (χ0) is 9.31. The number of carbonyl (C=O) groups is 1. The van der Waals surface area contributed by atoms with Gasteiger partial charge in [0.2, 0.25) is 5.91 Å². The van der Waals surface area contributed by atoms with Crippen LogP contribution in [0.1, 0.15) is 38.5 Å². The number of hydrogen-bond acceptors (Lipinski definition) is 2. The highest BCUT2D eigenvalue weighted by molar-refractivity contribution is 5.79. The van der Waals surface area contributed by atoms with E-state index >= 15 is 0 Å². The normalized spacial score (nSPS) is 25.8. The lowest BCUT2D eigenvalue weighted by atomic mass is 9.72. The van der Waals surface area contributed by atoms with Crippen molar-refractivity contribution >= 4 is 5.91 Å². The van der Waals surface area contributed by atoms with Crippen LogP contribution >= 0.6 is 0 Å². The van der Waals surface area contributed by atoms with Crippen LogP contribution in [0.4, 0.5) is 0 Å². The maximum absolute atomic E-state index is 11.3. The molecule has 0 aromatic rings. The summed E-state index contributed by atoms with van der Waals surface area (Å²) in [6.45, 7) is 0.543. The highest BCUT2D eigenvalue weighted by Gasteiger charge is 2.46. The van der Waals surface area contributed by atoms with E-state index in [1.54, 1.807) is 0 Å². The fourth-order valence-corrected chi connectivity index (χ4v) is 2.74. The lowest BCUT2D eigenvalue weighted by molar-refractivity contribution is -0.153. The monoisotopic (exact) mass is 183 g/mol. The summed E-state index contributed by atoms with van der Waals surface area (Å²) in [6.07, 6.45) is 7.25. The first kappa shape index (κ1) is 9.00. The zero-order valence-corrected chi connectivity index (χ0v) is 7.96. The average Bonchev–Trinajstić information content (AvgIpc) is 2.17. The van der Waals surface area contributed by atoms with Crippen molar-refractivity contribution in [1.29, 1.82) is 0 Å². The Hall–Kier alpha value is -0.570. The molecule has 0 unspecified atom stereocenters. The summed E-state index contributed by atoms with van der Waals surface area (Å²) in [5.41, 5.74) is 0.165. The molecular weight excluding hydrogens is 166 g/mol. The third-order valence-corrected chi connectivity index (χ3v) is 3.59. The van der Waals surface area contributed by atoms with Crippen molar-refractivity contribution in [1.82, 2.24) is 4.90 Å². The van der Waals surface area contributed by atoms with E-state index in [9.17, 15) is 4.79 Å². The molecule has 13 heavy (non-hydrogen) atoms. The highest BCUT2D eigenvalue weighted by Crippen LogP contribution is 2.42. The number of hydrogen-bond donors (Lipinski definition) is 1. The first-order chi connectivity index (χ1) is 6.28. The van der Waals surface area contributed by atoms with Gasteiger partial charge in [-0.05, 0) is 19.3 Å². The number of rotatable bonds is 1. The minimum absolute atomic E-state index is 0.0758. The highest BCUT2D eigenvalue weighted by atomic mass is 16.3. The number of likely N-dealkylation sites (tertiary alicyclic amines) is 1. The van der Waals surface area contributed by atoms with Gasteiger partial charge in [-0.25, -0.2) is 0 Å². The minimum atomic E-state index is -0.318.